The second-order valence-electron chi connectivity index (χ2n) is 13.2. The van der Waals surface area contributed by atoms with E-state index in [9.17, 15) is 14.2 Å². The largest absolute Gasteiger partial charge is 0.439 e. The van der Waals surface area contributed by atoms with Crippen molar-refractivity contribution in [2.75, 3.05) is 6.61 Å². The number of rotatable bonds is 17. The maximum Gasteiger partial charge on any atom is 0.318 e. The fraction of sp³-hybridized carbons (Fsp3) is 0.680. The molecule has 0 N–H and O–H groups in total. The summed E-state index contributed by atoms with van der Waals surface area (Å²) in [6.45, 7) is 20.8. The molecule has 2 rings (SSSR count). The van der Waals surface area contributed by atoms with Gasteiger partial charge in [0.2, 0.25) is 6.29 Å². The minimum atomic E-state index is -3.15. The molecule has 1 aromatic carbocycles. The molecule has 7 unspecified atom stereocenters. The molecule has 0 radical (unpaired) electrons. The first-order valence-electron chi connectivity index (χ1n) is 14.3. The van der Waals surface area contributed by atoms with Crippen molar-refractivity contribution in [2.45, 2.75) is 91.1 Å². The third-order valence-electron chi connectivity index (χ3n) is 5.93. The number of hydrogen-bond acceptors (Lipinski definition) is 11. The van der Waals surface area contributed by atoms with Crippen molar-refractivity contribution in [3.63, 3.8) is 0 Å². The molecule has 1 fully saturated rings. The smallest absolute Gasteiger partial charge is 0.318 e. The first kappa shape index (κ1) is 38.8. The Hall–Kier alpha value is -0.416. The second-order valence-corrected chi connectivity index (χ2v) is 35.6. The van der Waals surface area contributed by atoms with Crippen LogP contribution in [0, 0.1) is 11.8 Å². The van der Waals surface area contributed by atoms with Crippen molar-refractivity contribution in [1.82, 2.24) is 0 Å². The molecule has 7 atom stereocenters. The van der Waals surface area contributed by atoms with Crippen LogP contribution in [0.5, 0.6) is 5.75 Å². The lowest BCUT2D eigenvalue weighted by atomic mass is 10.2. The molecule has 1 heterocycles. The van der Waals surface area contributed by atoms with E-state index in [0.717, 1.165) is 9.50 Å². The lowest BCUT2D eigenvalue weighted by Crippen LogP contribution is -2.59. The quantitative estimate of drug-likeness (QED) is 0.0671. The summed E-state index contributed by atoms with van der Waals surface area (Å²) in [5, 5.41) is 0.584. The van der Waals surface area contributed by atoms with E-state index in [1.54, 1.807) is 31.2 Å². The van der Waals surface area contributed by atoms with E-state index in [4.69, 9.17) is 41.9 Å². The molecule has 43 heavy (non-hydrogen) atoms. The molecule has 0 aliphatic carbocycles. The van der Waals surface area contributed by atoms with Crippen LogP contribution >= 0.6 is 6.58 Å². The Kier molecular flexibility index (Phi) is 14.4. The zero-order chi connectivity index (χ0) is 32.8. The third kappa shape index (κ3) is 14.7. The topological polar surface area (TPSA) is 119 Å². The summed E-state index contributed by atoms with van der Waals surface area (Å²) in [6, 6.07) is 7.18. The lowest BCUT2D eigenvalue weighted by molar-refractivity contribution is -0.152. The first-order chi connectivity index (χ1) is 19.6. The van der Waals surface area contributed by atoms with E-state index in [0.29, 0.717) is 29.7 Å². The Bertz CT molecular complexity index is 1230. The Morgan fingerprint density at radius 2 is 1.47 bits per heavy atom. The van der Waals surface area contributed by atoms with E-state index in [1.165, 1.54) is 0 Å². The van der Waals surface area contributed by atoms with E-state index in [1.807, 2.05) is 26.6 Å². The van der Waals surface area contributed by atoms with Gasteiger partial charge in [-0.25, -0.2) is 0 Å². The molecule has 0 spiro atoms. The van der Waals surface area contributed by atoms with Gasteiger partial charge in [0.05, 0.1) is 11.8 Å². The molecule has 0 amide bonds. The van der Waals surface area contributed by atoms with Crippen molar-refractivity contribution >= 4 is 87.5 Å². The monoisotopic (exact) mass is 742 g/mol. The number of esters is 2. The van der Waals surface area contributed by atoms with Gasteiger partial charge in [0.25, 0.3) is 9.28 Å². The predicted octanol–water partition coefficient (Wildman–Crippen LogP) is 5.41. The van der Waals surface area contributed by atoms with Gasteiger partial charge in [-0.1, -0.05) is 13.8 Å². The van der Waals surface area contributed by atoms with Gasteiger partial charge in [-0.3, -0.25) is 14.2 Å². The van der Waals surface area contributed by atoms with Gasteiger partial charge in [0, 0.05) is 17.4 Å². The Balaban J connectivity index is 2.31. The van der Waals surface area contributed by atoms with Crippen LogP contribution in [0.25, 0.3) is 0 Å². The van der Waals surface area contributed by atoms with E-state index in [2.05, 4.69) is 39.3 Å². The van der Waals surface area contributed by atoms with Gasteiger partial charge in [0.15, 0.2) is 23.2 Å². The van der Waals surface area contributed by atoms with Gasteiger partial charge in [-0.05, 0) is 104 Å². The minimum Gasteiger partial charge on any atom is -0.439 e. The van der Waals surface area contributed by atoms with Gasteiger partial charge in [0.1, 0.15) is 12.4 Å². The number of epoxide rings is 1. The highest BCUT2D eigenvalue weighted by Gasteiger charge is 2.49. The molecule has 0 aromatic heterocycles. The highest BCUT2D eigenvalue weighted by atomic mass is 32.9. The van der Waals surface area contributed by atoms with Crippen molar-refractivity contribution < 1.29 is 44.8 Å². The molecular formula is C25H47O10PS2Si5. The van der Waals surface area contributed by atoms with Gasteiger partial charge in [-0.15, -0.1) is 0 Å². The third-order valence-corrected chi connectivity index (χ3v) is 26.9. The summed E-state index contributed by atoms with van der Waals surface area (Å²) in [6.07, 6.45) is -0.471. The molecule has 1 aliphatic heterocycles. The van der Waals surface area contributed by atoms with Crippen LogP contribution in [0.3, 0.4) is 0 Å². The second kappa shape index (κ2) is 15.9. The van der Waals surface area contributed by atoms with Gasteiger partial charge in [-0.2, -0.15) is 0 Å². The minimum absolute atomic E-state index is 0.307. The van der Waals surface area contributed by atoms with Crippen LogP contribution in [0.15, 0.2) is 24.3 Å². The maximum absolute atomic E-state index is 13.3. The van der Waals surface area contributed by atoms with Crippen LogP contribution in [-0.4, -0.2) is 67.9 Å². The van der Waals surface area contributed by atoms with Gasteiger partial charge < -0.3 is 30.7 Å². The highest BCUT2D eigenvalue weighted by molar-refractivity contribution is 8.34. The molecule has 1 aliphatic rings. The first-order valence-corrected chi connectivity index (χ1v) is 31.9. The van der Waals surface area contributed by atoms with Crippen LogP contribution in [0.1, 0.15) is 13.8 Å². The summed E-state index contributed by atoms with van der Waals surface area (Å²) in [5.74, 6) is -1.47. The van der Waals surface area contributed by atoms with E-state index >= 15 is 0 Å². The number of benzene rings is 1. The summed E-state index contributed by atoms with van der Waals surface area (Å²) in [4.78, 5) is 26.0. The molecule has 10 nitrogen and oxygen atoms in total. The molecule has 1 saturated heterocycles. The van der Waals surface area contributed by atoms with Crippen LogP contribution in [-0.2, 0) is 60.8 Å². The maximum atomic E-state index is 13.3. The lowest BCUT2D eigenvalue weighted by Gasteiger charge is -2.43. The SMILES string of the molecule is CC(C[Si](C)(O[SiH](C)O[Si](C)(C)C)O[Si](C)(CC(C)C(=O)OC1CO1)O[Si](C)(C)C)C(=O)Oc1ccc(P(=O)=S=S)cc1. The predicted molar refractivity (Wildman–Crippen MR) is 185 cm³/mol. The van der Waals surface area contributed by atoms with E-state index in [-0.39, 0.29) is 5.97 Å². The Morgan fingerprint density at radius 1 is 0.930 bits per heavy atom. The molecule has 0 saturated carbocycles. The molecule has 1 aromatic rings. The summed E-state index contributed by atoms with van der Waals surface area (Å²) in [5.41, 5.74) is 0. The molecular weight excluding hydrogens is 696 g/mol. The zero-order valence-electron chi connectivity index (χ0n) is 27.1. The van der Waals surface area contributed by atoms with Crippen molar-refractivity contribution in [1.29, 1.82) is 0 Å². The normalized spacial score (nSPS) is 20.5. The Labute approximate surface area is 270 Å². The van der Waals surface area contributed by atoms with Crippen LogP contribution in [0.2, 0.25) is 71.0 Å². The number of ether oxygens (including phenoxy) is 3. The molecule has 244 valence electrons. The average Bonchev–Trinajstić information content (AvgIpc) is 3.64. The Morgan fingerprint density at radius 3 is 1.95 bits per heavy atom. The standard InChI is InChI=1S/C25H47O10PS2Si5/c1-19(24(26)30-21-12-14-22(15-13-21)36(28)38-37)17-42(10,33-39(3)32-40(4,5)6)35-43(11,34-41(7,8)9)18-20(2)25(27)31-23-16-29-23/h12-15,19-20,23,39H,16-18H2,1-11H3. The van der Waals surface area contributed by atoms with Crippen molar-refractivity contribution in [3.8, 4) is 5.75 Å². The number of carbonyl (C=O) groups excluding carboxylic acids is 2. The molecule has 18 heteroatoms. The van der Waals surface area contributed by atoms with Gasteiger partial charge >= 0.3 is 29.1 Å². The highest BCUT2D eigenvalue weighted by Crippen LogP contribution is 2.33. The zero-order valence-corrected chi connectivity index (χ0v) is 34.8. The number of hydrogen-bond donors (Lipinski definition) is 0. The summed E-state index contributed by atoms with van der Waals surface area (Å²) >= 11 is 4.82. The van der Waals surface area contributed by atoms with Crippen LogP contribution in [0.4, 0.5) is 0 Å². The van der Waals surface area contributed by atoms with Crippen LogP contribution < -0.4 is 10.0 Å². The number of carbonyl (C=O) groups is 2. The fourth-order valence-corrected chi connectivity index (χ4v) is 28.0. The molecule has 0 bridgehead atoms. The summed E-state index contributed by atoms with van der Waals surface area (Å²) < 4.78 is 54.9. The summed E-state index contributed by atoms with van der Waals surface area (Å²) in [7, 11) is -11.5. The van der Waals surface area contributed by atoms with Crippen molar-refractivity contribution in [3.05, 3.63) is 24.3 Å². The van der Waals surface area contributed by atoms with Crippen molar-refractivity contribution in [2.24, 2.45) is 11.8 Å². The fourth-order valence-electron chi connectivity index (χ4n) is 4.72. The average molecular weight is 743 g/mol. The van der Waals surface area contributed by atoms with E-state index < -0.39 is 73.7 Å².